The summed E-state index contributed by atoms with van der Waals surface area (Å²) in [7, 11) is 0. The average Bonchev–Trinajstić information content (AvgIpc) is 3.52. The van der Waals surface area contributed by atoms with E-state index in [9.17, 15) is 45.5 Å². The van der Waals surface area contributed by atoms with Gasteiger partial charge in [0.25, 0.3) is 5.91 Å². The molecule has 11 nitrogen and oxygen atoms in total. The number of morpholine rings is 1. The largest absolute Gasteiger partial charge is 0.494 e. The van der Waals surface area contributed by atoms with Gasteiger partial charge in [-0.2, -0.15) is 26.3 Å². The van der Waals surface area contributed by atoms with Gasteiger partial charge in [-0.15, -0.1) is 0 Å². The zero-order chi connectivity index (χ0) is 35.6. The minimum Gasteiger partial charge on any atom is -0.494 e. The molecule has 2 aliphatic rings. The van der Waals surface area contributed by atoms with Crippen LogP contribution in [0, 0.1) is 0 Å². The number of halogens is 6. The summed E-state index contributed by atoms with van der Waals surface area (Å²) < 4.78 is 78.1. The van der Waals surface area contributed by atoms with Gasteiger partial charge in [-0.25, -0.2) is 0 Å². The maximum Gasteiger partial charge on any atom is 0.458 e. The average molecular weight is 698 g/mol. The Morgan fingerprint density at radius 2 is 1.61 bits per heavy atom. The molecule has 0 unspecified atom stereocenters. The van der Waals surface area contributed by atoms with Crippen LogP contribution in [0.25, 0.3) is 22.5 Å². The highest BCUT2D eigenvalue weighted by Gasteiger charge is 2.54. The van der Waals surface area contributed by atoms with Gasteiger partial charge >= 0.3 is 23.9 Å². The molecule has 0 aliphatic carbocycles. The van der Waals surface area contributed by atoms with E-state index in [1.165, 1.54) is 0 Å². The van der Waals surface area contributed by atoms with Crippen molar-refractivity contribution in [2.45, 2.75) is 31.6 Å². The summed E-state index contributed by atoms with van der Waals surface area (Å²) in [5.41, 5.74) is 5.40. The maximum absolute atomic E-state index is 12.1. The predicted octanol–water partition coefficient (Wildman–Crippen LogP) is 3.89. The number of Topliss-reactive ketones (excluding diaryl/α,β-unsaturated/α-hetero) is 2. The molecule has 3 N–H and O–H groups in total. The molecule has 0 bridgehead atoms. The van der Waals surface area contributed by atoms with Crippen LogP contribution in [-0.4, -0.2) is 103 Å². The van der Waals surface area contributed by atoms with Crippen LogP contribution in [0.15, 0.2) is 48.7 Å². The number of ketones is 2. The van der Waals surface area contributed by atoms with Crippen molar-refractivity contribution >= 4 is 23.4 Å². The summed E-state index contributed by atoms with van der Waals surface area (Å²) in [6.07, 6.45) is -7.85. The number of fused-ring (bicyclic) bond motifs is 1. The SMILES string of the molecule is O=C(C(=O)C(F)(F)F)C(F)(F)F.O=C(CCCOc1ccc(-c2cc(-c3cc4c([nH]3)CCNC4=O)ccn2)cc1)NCCN1CCOCC1. The van der Waals surface area contributed by atoms with Gasteiger partial charge < -0.3 is 25.1 Å². The molecule has 2 amide bonds. The first kappa shape index (κ1) is 37.1. The Hall–Kier alpha value is -4.77. The summed E-state index contributed by atoms with van der Waals surface area (Å²) in [6, 6.07) is 13.7. The van der Waals surface area contributed by atoms with Crippen molar-refractivity contribution in [1.29, 1.82) is 0 Å². The van der Waals surface area contributed by atoms with Gasteiger partial charge in [-0.05, 0) is 48.9 Å². The molecule has 5 rings (SSSR count). The number of ether oxygens (including phenoxy) is 2. The number of benzene rings is 1. The van der Waals surface area contributed by atoms with Gasteiger partial charge in [0.05, 0.1) is 31.1 Å². The second kappa shape index (κ2) is 16.6. The van der Waals surface area contributed by atoms with Crippen molar-refractivity contribution in [3.8, 4) is 28.3 Å². The molecular formula is C32H33F6N5O6. The Balaban J connectivity index is 0.000000386. The second-order valence-electron chi connectivity index (χ2n) is 10.9. The second-order valence-corrected chi connectivity index (χ2v) is 10.9. The molecule has 2 aliphatic heterocycles. The zero-order valence-corrected chi connectivity index (χ0v) is 26.0. The fourth-order valence-corrected chi connectivity index (χ4v) is 4.87. The number of carbonyl (C=O) groups excluding carboxylic acids is 4. The van der Waals surface area contributed by atoms with Crippen molar-refractivity contribution in [3.63, 3.8) is 0 Å². The lowest BCUT2D eigenvalue weighted by atomic mass is 10.1. The van der Waals surface area contributed by atoms with Gasteiger partial charge in [0, 0.05) is 74.3 Å². The van der Waals surface area contributed by atoms with Crippen molar-refractivity contribution < 1.29 is 55.0 Å². The third-order valence-electron chi connectivity index (χ3n) is 7.42. The van der Waals surface area contributed by atoms with Crippen LogP contribution < -0.4 is 15.4 Å². The Morgan fingerprint density at radius 3 is 2.24 bits per heavy atom. The first-order valence-electron chi connectivity index (χ1n) is 15.2. The van der Waals surface area contributed by atoms with Crippen LogP contribution >= 0.6 is 0 Å². The minimum atomic E-state index is -5.77. The highest BCUT2D eigenvalue weighted by atomic mass is 19.4. The van der Waals surface area contributed by atoms with Crippen molar-refractivity contribution in [2.75, 3.05) is 52.5 Å². The molecule has 1 saturated heterocycles. The standard InChI is InChI=1S/C28H33N5O4.C4F6O2/c34-27(30-11-12-33-13-16-36-17-14-33)2-1-15-37-22-5-3-20(4-6-22)25-18-21(7-9-29-25)26-19-23-24(32-26)8-10-31-28(23)35;5-3(6,7)1(11)2(12)4(8,9)10/h3-7,9,18-19,32H,1-2,8,10-17H2,(H,30,34)(H,31,35);. The number of carbonyl (C=O) groups is 4. The number of H-pyrrole nitrogens is 1. The number of hydrogen-bond acceptors (Lipinski definition) is 8. The van der Waals surface area contributed by atoms with Crippen LogP contribution in [0.4, 0.5) is 26.3 Å². The topological polar surface area (TPSA) is 143 Å². The fraction of sp³-hybridized carbons (Fsp3) is 0.406. The number of alkyl halides is 6. The van der Waals surface area contributed by atoms with E-state index in [0.29, 0.717) is 38.1 Å². The quantitative estimate of drug-likeness (QED) is 0.156. The van der Waals surface area contributed by atoms with Gasteiger partial charge in [0.1, 0.15) is 5.75 Å². The van der Waals surface area contributed by atoms with E-state index in [1.54, 1.807) is 6.20 Å². The van der Waals surface area contributed by atoms with Crippen molar-refractivity contribution in [1.82, 2.24) is 25.5 Å². The fourth-order valence-electron chi connectivity index (χ4n) is 4.87. The Labute approximate surface area is 276 Å². The van der Waals surface area contributed by atoms with Gasteiger partial charge in [-0.3, -0.25) is 29.1 Å². The van der Waals surface area contributed by atoms with Crippen molar-refractivity contribution in [2.24, 2.45) is 0 Å². The zero-order valence-electron chi connectivity index (χ0n) is 26.0. The van der Waals surface area contributed by atoms with E-state index in [-0.39, 0.29) is 11.8 Å². The number of nitrogens with zero attached hydrogens (tertiary/aromatic N) is 2. The minimum absolute atomic E-state index is 0.0296. The maximum atomic E-state index is 12.1. The third-order valence-corrected chi connectivity index (χ3v) is 7.42. The molecule has 0 spiro atoms. The van der Waals surface area contributed by atoms with Gasteiger partial charge in [0.15, 0.2) is 0 Å². The van der Waals surface area contributed by atoms with Crippen LogP contribution in [0.2, 0.25) is 0 Å². The number of rotatable bonds is 11. The molecule has 0 radical (unpaired) electrons. The Bertz CT molecular complexity index is 1590. The molecular weight excluding hydrogens is 664 g/mol. The molecule has 0 atom stereocenters. The van der Waals surface area contributed by atoms with Crippen LogP contribution in [0.3, 0.4) is 0 Å². The summed E-state index contributed by atoms with van der Waals surface area (Å²) in [4.78, 5) is 53.6. The third kappa shape index (κ3) is 10.9. The lowest BCUT2D eigenvalue weighted by Gasteiger charge is -2.26. The lowest BCUT2D eigenvalue weighted by molar-refractivity contribution is -0.193. The van der Waals surface area contributed by atoms with E-state index in [1.807, 2.05) is 42.5 Å². The molecule has 17 heteroatoms. The summed E-state index contributed by atoms with van der Waals surface area (Å²) in [5, 5.41) is 5.86. The molecule has 4 heterocycles. The molecule has 2 aromatic heterocycles. The molecule has 49 heavy (non-hydrogen) atoms. The first-order chi connectivity index (χ1) is 23.2. The summed E-state index contributed by atoms with van der Waals surface area (Å²) >= 11 is 0. The van der Waals surface area contributed by atoms with Crippen LogP contribution in [0.1, 0.15) is 28.9 Å². The molecule has 1 fully saturated rings. The van der Waals surface area contributed by atoms with E-state index in [2.05, 4.69) is 25.5 Å². The highest BCUT2D eigenvalue weighted by molar-refractivity contribution is 6.41. The van der Waals surface area contributed by atoms with Gasteiger partial charge in [-0.1, -0.05) is 0 Å². The molecule has 0 saturated carbocycles. The van der Waals surface area contributed by atoms with Crippen LogP contribution in [0.5, 0.6) is 5.75 Å². The van der Waals surface area contributed by atoms with Crippen LogP contribution in [-0.2, 0) is 25.5 Å². The predicted molar refractivity (Wildman–Crippen MR) is 163 cm³/mol. The smallest absolute Gasteiger partial charge is 0.458 e. The molecule has 264 valence electrons. The lowest BCUT2D eigenvalue weighted by Crippen LogP contribution is -2.41. The van der Waals surface area contributed by atoms with Gasteiger partial charge in [0.2, 0.25) is 5.91 Å². The van der Waals surface area contributed by atoms with E-state index in [0.717, 1.165) is 73.2 Å². The number of aromatic amines is 1. The normalized spacial score (nSPS) is 14.9. The summed E-state index contributed by atoms with van der Waals surface area (Å²) in [6.45, 7) is 6.06. The molecule has 1 aromatic carbocycles. The monoisotopic (exact) mass is 697 g/mol. The first-order valence-corrected chi connectivity index (χ1v) is 15.2. The van der Waals surface area contributed by atoms with E-state index >= 15 is 0 Å². The number of amides is 2. The van der Waals surface area contributed by atoms with Crippen molar-refractivity contribution in [3.05, 3.63) is 59.9 Å². The number of nitrogens with one attached hydrogen (secondary N) is 3. The van der Waals surface area contributed by atoms with E-state index < -0.39 is 23.9 Å². The number of aromatic nitrogens is 2. The number of hydrogen-bond donors (Lipinski definition) is 3. The highest BCUT2D eigenvalue weighted by Crippen LogP contribution is 2.28. The Morgan fingerprint density at radius 1 is 0.939 bits per heavy atom. The number of pyridine rings is 1. The summed E-state index contributed by atoms with van der Waals surface area (Å²) in [5.74, 6) is -6.03. The van der Waals surface area contributed by atoms with E-state index in [4.69, 9.17) is 9.47 Å². The Kier molecular flexibility index (Phi) is 12.5. The molecule has 3 aromatic rings.